The van der Waals surface area contributed by atoms with Crippen LogP contribution in [0.25, 0.3) is 0 Å². The molecular formula is C43H94O6P2. The van der Waals surface area contributed by atoms with E-state index in [-0.39, 0.29) is 24.6 Å². The van der Waals surface area contributed by atoms with Crippen LogP contribution >= 0.6 is 14.6 Å². The van der Waals surface area contributed by atoms with Crippen molar-refractivity contribution in [3.8, 4) is 0 Å². The van der Waals surface area contributed by atoms with Gasteiger partial charge >= 0.3 is 321 Å². The third-order valence-corrected chi connectivity index (χ3v) is 17.2. The topological polar surface area (TPSA) is 99.4 Å². The van der Waals surface area contributed by atoms with E-state index in [0.29, 0.717) is 32.1 Å². The van der Waals surface area contributed by atoms with Gasteiger partial charge < -0.3 is 0 Å². The zero-order valence-corrected chi connectivity index (χ0v) is 37.0. The molecule has 0 spiro atoms. The first-order valence-electron chi connectivity index (χ1n) is 22.8. The SMILES string of the molecule is CCCCCCCCCCP(O)(O)(CCCCCCCCCC)OC(CC)OP(O)(O)(CCCCCCCCCC)CCCCCCCCCC. The monoisotopic (exact) mass is 769 g/mol. The van der Waals surface area contributed by atoms with E-state index in [9.17, 15) is 19.6 Å². The van der Waals surface area contributed by atoms with Crippen LogP contribution in [0, 0.1) is 0 Å². The van der Waals surface area contributed by atoms with Crippen LogP contribution in [-0.4, -0.2) is 50.5 Å². The molecule has 0 bridgehead atoms. The summed E-state index contributed by atoms with van der Waals surface area (Å²) in [4.78, 5) is 48.4. The molecule has 0 aromatic rings. The number of hydrogen-bond acceptors (Lipinski definition) is 6. The van der Waals surface area contributed by atoms with Gasteiger partial charge in [0.1, 0.15) is 0 Å². The molecule has 4 N–H and O–H groups in total. The molecule has 0 unspecified atom stereocenters. The zero-order valence-electron chi connectivity index (χ0n) is 35.2. The summed E-state index contributed by atoms with van der Waals surface area (Å²) < 4.78 is 12.7. The molecule has 8 heteroatoms. The van der Waals surface area contributed by atoms with Crippen molar-refractivity contribution < 1.29 is 28.6 Å². The molecule has 6 nitrogen and oxygen atoms in total. The van der Waals surface area contributed by atoms with Crippen molar-refractivity contribution in [3.63, 3.8) is 0 Å². The fourth-order valence-corrected chi connectivity index (χ4v) is 13.2. The van der Waals surface area contributed by atoms with Gasteiger partial charge in [-0.3, -0.25) is 0 Å². The van der Waals surface area contributed by atoms with Crippen LogP contribution < -0.4 is 0 Å². The molecule has 0 fully saturated rings. The molecule has 0 atom stereocenters. The first kappa shape index (κ1) is 51.6. The maximum atomic E-state index is 12.1. The van der Waals surface area contributed by atoms with Crippen LogP contribution in [0.2, 0.25) is 0 Å². The van der Waals surface area contributed by atoms with Gasteiger partial charge in [0.25, 0.3) is 0 Å². The van der Waals surface area contributed by atoms with Gasteiger partial charge in [0, 0.05) is 0 Å². The van der Waals surface area contributed by atoms with E-state index in [4.69, 9.17) is 9.05 Å². The van der Waals surface area contributed by atoms with E-state index in [1.54, 1.807) is 0 Å². The van der Waals surface area contributed by atoms with E-state index < -0.39 is 20.9 Å². The summed E-state index contributed by atoms with van der Waals surface area (Å²) in [5.74, 6) is 0. The second-order valence-corrected chi connectivity index (χ2v) is 23.9. The predicted octanol–water partition coefficient (Wildman–Crippen LogP) is 14.9. The van der Waals surface area contributed by atoms with E-state index in [2.05, 4.69) is 27.7 Å². The number of rotatable bonds is 41. The van der Waals surface area contributed by atoms with Crippen molar-refractivity contribution in [3.05, 3.63) is 0 Å². The molecule has 51 heavy (non-hydrogen) atoms. The summed E-state index contributed by atoms with van der Waals surface area (Å²) in [6, 6.07) is 0. The van der Waals surface area contributed by atoms with E-state index >= 15 is 0 Å². The normalized spacial score (nSPS) is 14.7. The van der Waals surface area contributed by atoms with Crippen molar-refractivity contribution in [2.24, 2.45) is 0 Å². The molecule has 0 saturated heterocycles. The molecule has 0 radical (unpaired) electrons. The molecule has 0 aromatic heterocycles. The van der Waals surface area contributed by atoms with Gasteiger partial charge in [-0.15, -0.1) is 0 Å². The predicted molar refractivity (Wildman–Crippen MR) is 229 cm³/mol. The first-order valence-corrected chi connectivity index (χ1v) is 27.7. The summed E-state index contributed by atoms with van der Waals surface area (Å²) in [5, 5.41) is 0. The van der Waals surface area contributed by atoms with Gasteiger partial charge in [-0.05, 0) is 0 Å². The Morgan fingerprint density at radius 3 is 0.647 bits per heavy atom. The van der Waals surface area contributed by atoms with Gasteiger partial charge in [0.2, 0.25) is 0 Å². The molecular weight excluding hydrogens is 674 g/mol. The molecule has 312 valence electrons. The minimum atomic E-state index is -4.57. The minimum absolute atomic E-state index is 0.236. The summed E-state index contributed by atoms with van der Waals surface area (Å²) in [7, 11) is -9.15. The van der Waals surface area contributed by atoms with E-state index in [1.807, 2.05) is 6.92 Å². The molecule has 0 aliphatic carbocycles. The third-order valence-electron chi connectivity index (χ3n) is 10.9. The zero-order chi connectivity index (χ0) is 38.0. The Balaban J connectivity index is 5.57. The summed E-state index contributed by atoms with van der Waals surface area (Å²) in [5.41, 5.74) is 0. The Hall–Kier alpha value is 0.620. The Morgan fingerprint density at radius 1 is 0.294 bits per heavy atom. The second-order valence-electron chi connectivity index (χ2n) is 16.4. The van der Waals surface area contributed by atoms with Crippen molar-refractivity contribution in [2.45, 2.75) is 253 Å². The molecule has 0 aromatic carbocycles. The maximum absolute atomic E-state index is 12.1. The van der Waals surface area contributed by atoms with Crippen LogP contribution in [0.3, 0.4) is 0 Å². The Bertz CT molecular complexity index is 657. The van der Waals surface area contributed by atoms with Gasteiger partial charge in [-0.2, -0.15) is 0 Å². The van der Waals surface area contributed by atoms with Gasteiger partial charge in [0.15, 0.2) is 0 Å². The summed E-state index contributed by atoms with van der Waals surface area (Å²) in [6.45, 7) is 10.8. The first-order chi connectivity index (χ1) is 24.4. The quantitative estimate of drug-likeness (QED) is 0.0281. The fourth-order valence-electron chi connectivity index (χ4n) is 7.40. The van der Waals surface area contributed by atoms with Crippen molar-refractivity contribution in [1.82, 2.24) is 0 Å². The molecule has 0 rings (SSSR count). The summed E-state index contributed by atoms with van der Waals surface area (Å²) in [6.07, 6.45) is 36.3. The van der Waals surface area contributed by atoms with Crippen LogP contribution in [-0.2, 0) is 9.05 Å². The molecule has 0 amide bonds. The van der Waals surface area contributed by atoms with Crippen molar-refractivity contribution in [1.29, 1.82) is 0 Å². The average Bonchev–Trinajstić information content (AvgIpc) is 3.09. The van der Waals surface area contributed by atoms with Crippen molar-refractivity contribution in [2.75, 3.05) is 24.6 Å². The van der Waals surface area contributed by atoms with Gasteiger partial charge in [0.05, 0.1) is 0 Å². The Labute approximate surface area is 319 Å². The number of unbranched alkanes of at least 4 members (excludes halogenated alkanes) is 28. The Kier molecular flexibility index (Phi) is 32.2. The molecule has 0 aliphatic rings. The van der Waals surface area contributed by atoms with Gasteiger partial charge in [-0.25, -0.2) is 0 Å². The van der Waals surface area contributed by atoms with Crippen molar-refractivity contribution >= 4 is 14.6 Å². The standard InChI is InChI=1S/C43H94O6P2/c1-6-11-15-19-23-27-31-35-39-50(44,45,40-36-32-28-24-20-16-12-7-2)48-43(10-5)49-51(46,47,41-37-33-29-25-21-17-13-8-3)42-38-34-30-26-22-18-14-9-4/h43-47H,6-42H2,1-5H3. The summed E-state index contributed by atoms with van der Waals surface area (Å²) >= 11 is 0. The van der Waals surface area contributed by atoms with Crippen LogP contribution in [0.5, 0.6) is 0 Å². The van der Waals surface area contributed by atoms with Crippen LogP contribution in [0.15, 0.2) is 0 Å². The van der Waals surface area contributed by atoms with E-state index in [0.717, 1.165) is 51.4 Å². The van der Waals surface area contributed by atoms with Gasteiger partial charge in [-0.1, -0.05) is 0 Å². The van der Waals surface area contributed by atoms with Crippen LogP contribution in [0.4, 0.5) is 0 Å². The fraction of sp³-hybridized carbons (Fsp3) is 1.00. The Morgan fingerprint density at radius 2 is 0.471 bits per heavy atom. The van der Waals surface area contributed by atoms with E-state index in [1.165, 1.54) is 128 Å². The molecule has 0 aliphatic heterocycles. The van der Waals surface area contributed by atoms with Crippen LogP contribution in [0.1, 0.15) is 247 Å². The third kappa shape index (κ3) is 30.5. The molecule has 0 heterocycles. The molecule has 0 saturated carbocycles. The average molecular weight is 769 g/mol. The number of hydrogen-bond donors (Lipinski definition) is 4. The second kappa shape index (κ2) is 31.8.